The quantitative estimate of drug-likeness (QED) is 0.125. The summed E-state index contributed by atoms with van der Waals surface area (Å²) in [6, 6.07) is 41.7. The number of hydrogen-bond acceptors (Lipinski definition) is 3. The van der Waals surface area contributed by atoms with Gasteiger partial charge in [0.2, 0.25) is 0 Å². The second-order valence-electron chi connectivity index (χ2n) is 21.0. The van der Waals surface area contributed by atoms with E-state index in [-0.39, 0.29) is 27.6 Å². The van der Waals surface area contributed by atoms with Gasteiger partial charge in [-0.25, -0.2) is 4.98 Å². The highest BCUT2D eigenvalue weighted by atomic mass is 16.3. The van der Waals surface area contributed by atoms with Crippen molar-refractivity contribution in [1.29, 1.82) is 0 Å². The first-order valence-electron chi connectivity index (χ1n) is 26.7. The van der Waals surface area contributed by atoms with Crippen LogP contribution in [0.2, 0.25) is 0 Å². The van der Waals surface area contributed by atoms with Crippen molar-refractivity contribution >= 4 is 11.0 Å². The molecule has 350 valence electrons. The standard InChI is InChI=1S/C64H73N3O/c1-15-63(13,16-2)53-22-20-23-54(64(14,17-3)18-4)58(53)47-29-30-56(42(8)35-47)67-57-24-19-21-51(59(57)66-61(67)52-34-41(7)33-43(9)60(52)68)48-36-49(38-50(37-48)62(10,11)12)55-39-46(31-32-65-55)45-27-25-44(26-28-45)40(5)6/h19-40,68H,15-18H2,1-14H3/i8D3,40D. The van der Waals surface area contributed by atoms with E-state index in [1.165, 1.54) is 11.1 Å². The number of aromatic nitrogens is 3. The number of phenolic OH excluding ortho intramolecular Hbond substituents is 1. The number of pyridine rings is 1. The van der Waals surface area contributed by atoms with Crippen molar-refractivity contribution in [3.63, 3.8) is 0 Å². The summed E-state index contributed by atoms with van der Waals surface area (Å²) in [7, 11) is 0. The minimum atomic E-state index is -2.52. The lowest BCUT2D eigenvalue weighted by atomic mass is 9.68. The normalized spacial score (nSPS) is 13.6. The Morgan fingerprint density at radius 1 is 0.632 bits per heavy atom. The van der Waals surface area contributed by atoms with Gasteiger partial charge in [-0.1, -0.05) is 149 Å². The predicted molar refractivity (Wildman–Crippen MR) is 291 cm³/mol. The van der Waals surface area contributed by atoms with Crippen molar-refractivity contribution in [3.05, 3.63) is 166 Å². The van der Waals surface area contributed by atoms with E-state index >= 15 is 0 Å². The highest BCUT2D eigenvalue weighted by Crippen LogP contribution is 2.47. The summed E-state index contributed by atoms with van der Waals surface area (Å²) in [4.78, 5) is 10.4. The molecule has 0 radical (unpaired) electrons. The SMILES string of the molecule is [2H]C([2H])([2H])c1cc(-c2c(C(C)(CC)CC)cccc2C(C)(CC)CC)ccc1-n1c(-c2cc(C)cc(C)c2O)nc2c(-c3cc(-c4cc(-c5ccc(C([2H])(C)C)cc5)ccn4)cc(C(C)(C)C)c3)cccc21. The van der Waals surface area contributed by atoms with Gasteiger partial charge in [-0.05, 0) is 184 Å². The second-order valence-corrected chi connectivity index (χ2v) is 21.0. The van der Waals surface area contributed by atoms with Gasteiger partial charge in [0.25, 0.3) is 0 Å². The van der Waals surface area contributed by atoms with E-state index in [2.05, 4.69) is 129 Å². The van der Waals surface area contributed by atoms with Crippen molar-refractivity contribution in [1.82, 2.24) is 14.5 Å². The Bertz CT molecular complexity index is 3270. The number of hydrogen-bond donors (Lipinski definition) is 1. The average Bonchev–Trinajstić information content (AvgIpc) is 3.75. The molecule has 0 atom stereocenters. The number of imidazole rings is 1. The highest BCUT2D eigenvalue weighted by molar-refractivity contribution is 5.97. The number of phenols is 1. The minimum absolute atomic E-state index is 0.0992. The third-order valence-corrected chi connectivity index (χ3v) is 15.3. The summed E-state index contributed by atoms with van der Waals surface area (Å²) in [5, 5.41) is 11.9. The molecule has 8 rings (SSSR count). The van der Waals surface area contributed by atoms with Crippen LogP contribution in [-0.2, 0) is 16.2 Å². The molecule has 1 N–H and O–H groups in total. The van der Waals surface area contributed by atoms with Gasteiger partial charge in [0.15, 0.2) is 0 Å². The fourth-order valence-electron chi connectivity index (χ4n) is 10.0. The summed E-state index contributed by atoms with van der Waals surface area (Å²) >= 11 is 0. The molecule has 0 saturated heterocycles. The van der Waals surface area contributed by atoms with Crippen LogP contribution in [0.4, 0.5) is 0 Å². The number of aromatic hydroxyl groups is 1. The molecule has 2 aromatic heterocycles. The molecular weight excluding hydrogens is 827 g/mol. The van der Waals surface area contributed by atoms with E-state index in [0.29, 0.717) is 28.2 Å². The van der Waals surface area contributed by atoms with Crippen LogP contribution in [-0.4, -0.2) is 19.6 Å². The van der Waals surface area contributed by atoms with Crippen molar-refractivity contribution in [2.75, 3.05) is 0 Å². The Morgan fingerprint density at radius 2 is 1.26 bits per heavy atom. The zero-order chi connectivity index (χ0) is 52.3. The van der Waals surface area contributed by atoms with Crippen molar-refractivity contribution in [2.24, 2.45) is 0 Å². The Hall–Kier alpha value is -6.26. The Labute approximate surface area is 413 Å². The maximum Gasteiger partial charge on any atom is 0.149 e. The third-order valence-electron chi connectivity index (χ3n) is 15.3. The van der Waals surface area contributed by atoms with E-state index in [0.717, 1.165) is 92.5 Å². The molecule has 0 aliphatic heterocycles. The summed E-state index contributed by atoms with van der Waals surface area (Å²) in [5.41, 5.74) is 16.0. The van der Waals surface area contributed by atoms with E-state index in [1.807, 2.05) is 93.1 Å². The molecule has 68 heavy (non-hydrogen) atoms. The molecule has 0 aliphatic carbocycles. The van der Waals surface area contributed by atoms with E-state index in [1.54, 1.807) is 0 Å². The summed E-state index contributed by atoms with van der Waals surface area (Å²) in [6.07, 6.45) is 5.61. The summed E-state index contributed by atoms with van der Waals surface area (Å²) < 4.78 is 38.3. The number of benzene rings is 6. The molecule has 0 unspecified atom stereocenters. The molecule has 4 nitrogen and oxygen atoms in total. The molecule has 2 heterocycles. The van der Waals surface area contributed by atoms with Gasteiger partial charge in [-0.3, -0.25) is 9.55 Å². The first-order chi connectivity index (χ1) is 33.8. The minimum Gasteiger partial charge on any atom is -0.507 e. The molecule has 0 aliphatic rings. The number of rotatable bonds is 13. The topological polar surface area (TPSA) is 50.9 Å². The number of aryl methyl sites for hydroxylation is 3. The number of fused-ring (bicyclic) bond motifs is 1. The van der Waals surface area contributed by atoms with Crippen LogP contribution >= 0.6 is 0 Å². The molecule has 8 aromatic rings. The Balaban J connectivity index is 1.40. The van der Waals surface area contributed by atoms with Crippen LogP contribution < -0.4 is 0 Å². The van der Waals surface area contributed by atoms with Gasteiger partial charge >= 0.3 is 0 Å². The fourth-order valence-corrected chi connectivity index (χ4v) is 10.0. The highest BCUT2D eigenvalue weighted by Gasteiger charge is 2.33. The first-order valence-corrected chi connectivity index (χ1v) is 24.7. The molecule has 6 aromatic carbocycles. The predicted octanol–water partition coefficient (Wildman–Crippen LogP) is 18.0. The number of nitrogens with zero attached hydrogens (tertiary/aromatic N) is 3. The largest absolute Gasteiger partial charge is 0.507 e. The maximum atomic E-state index is 11.9. The first kappa shape index (κ1) is 43.0. The lowest BCUT2D eigenvalue weighted by Gasteiger charge is -2.36. The smallest absolute Gasteiger partial charge is 0.149 e. The van der Waals surface area contributed by atoms with E-state index in [4.69, 9.17) is 11.3 Å². The number of para-hydroxylation sites is 1. The molecule has 0 saturated carbocycles. The van der Waals surface area contributed by atoms with Crippen LogP contribution in [0, 0.1) is 20.7 Å². The monoisotopic (exact) mass is 904 g/mol. The maximum absolute atomic E-state index is 11.9. The van der Waals surface area contributed by atoms with Crippen LogP contribution in [0.25, 0.3) is 72.7 Å². The Morgan fingerprint density at radius 3 is 1.88 bits per heavy atom. The van der Waals surface area contributed by atoms with Crippen LogP contribution in [0.3, 0.4) is 0 Å². The van der Waals surface area contributed by atoms with Gasteiger partial charge in [0.05, 0.1) is 28.0 Å². The van der Waals surface area contributed by atoms with Crippen molar-refractivity contribution in [3.8, 4) is 67.5 Å². The third kappa shape index (κ3) is 8.84. The van der Waals surface area contributed by atoms with Crippen molar-refractivity contribution < 1.29 is 10.6 Å². The van der Waals surface area contributed by atoms with Crippen LogP contribution in [0.5, 0.6) is 5.75 Å². The van der Waals surface area contributed by atoms with Gasteiger partial charge in [-0.2, -0.15) is 0 Å². The fraction of sp³-hybridized carbons (Fsp3) is 0.344. The van der Waals surface area contributed by atoms with Gasteiger partial charge < -0.3 is 5.11 Å². The second kappa shape index (κ2) is 18.7. The summed E-state index contributed by atoms with van der Waals surface area (Å²) in [6.45, 7) is 25.4. The molecular formula is C64H73N3O. The summed E-state index contributed by atoms with van der Waals surface area (Å²) in [5.74, 6) is -0.139. The zero-order valence-electron chi connectivity index (χ0n) is 46.7. The molecule has 0 fully saturated rings. The Kier molecular flexibility index (Phi) is 11.8. The van der Waals surface area contributed by atoms with Crippen molar-refractivity contribution in [2.45, 2.75) is 145 Å². The van der Waals surface area contributed by atoms with E-state index in [9.17, 15) is 9.22 Å². The molecule has 4 heteroatoms. The lowest BCUT2D eigenvalue weighted by Crippen LogP contribution is -2.25. The van der Waals surface area contributed by atoms with Gasteiger partial charge in [0, 0.05) is 22.8 Å². The zero-order valence-corrected chi connectivity index (χ0v) is 42.7. The molecule has 0 amide bonds. The van der Waals surface area contributed by atoms with Crippen LogP contribution in [0.1, 0.15) is 152 Å². The van der Waals surface area contributed by atoms with Crippen LogP contribution in [0.15, 0.2) is 128 Å². The van der Waals surface area contributed by atoms with E-state index < -0.39 is 12.7 Å². The lowest BCUT2D eigenvalue weighted by molar-refractivity contribution is 0.426. The molecule has 0 spiro atoms. The average molecular weight is 904 g/mol. The molecule has 0 bridgehead atoms. The van der Waals surface area contributed by atoms with Gasteiger partial charge in [0.1, 0.15) is 11.6 Å². The van der Waals surface area contributed by atoms with Gasteiger partial charge in [-0.15, -0.1) is 0 Å².